The number of rotatable bonds is 5. The van der Waals surface area contributed by atoms with Gasteiger partial charge in [0.1, 0.15) is 5.67 Å². The molecule has 0 N–H and O–H groups in total. The van der Waals surface area contributed by atoms with Crippen molar-refractivity contribution >= 4 is 0 Å². The minimum absolute atomic E-state index is 0. The average molecular weight is 316 g/mol. The van der Waals surface area contributed by atoms with Crippen LogP contribution in [0.5, 0.6) is 0 Å². The molecule has 0 bridgehead atoms. The second-order valence-electron chi connectivity index (χ2n) is 3.72. The Kier molecular flexibility index (Phi) is 15.8. The van der Waals surface area contributed by atoms with E-state index in [1.54, 1.807) is 0 Å². The quantitative estimate of drug-likeness (QED) is 0.594. The molecule has 16 heavy (non-hydrogen) atoms. The molecule has 0 spiro atoms. The summed E-state index contributed by atoms with van der Waals surface area (Å²) in [6, 6.07) is 0. The van der Waals surface area contributed by atoms with Crippen LogP contribution in [-0.4, -0.2) is 11.6 Å². The first-order valence-corrected chi connectivity index (χ1v) is 4.65. The normalized spacial score (nSPS) is 14.2. The summed E-state index contributed by atoms with van der Waals surface area (Å²) in [7, 11) is 0. The molecule has 0 aliphatic rings. The van der Waals surface area contributed by atoms with Gasteiger partial charge in [0, 0.05) is 39.6 Å². The molecule has 0 heterocycles. The fraction of sp³-hybridized carbons (Fsp3) is 0.917. The molecule has 0 amide bonds. The summed E-state index contributed by atoms with van der Waals surface area (Å²) >= 11 is 0. The van der Waals surface area contributed by atoms with Crippen molar-refractivity contribution in [3.05, 3.63) is 5.92 Å². The first-order valence-electron chi connectivity index (χ1n) is 4.65. The van der Waals surface area contributed by atoms with Crippen LogP contribution in [0, 0.1) is 5.92 Å². The standard InChI is InChI=1S/C10H18F3.2CH4.Y/c1-5-8(6-2)7-9(3,11)10(4,12)13;;;/h5-7H2,1-4H3;2*1H4;/q-1;;;. The minimum atomic E-state index is -3.26. The Morgan fingerprint density at radius 3 is 1.44 bits per heavy atom. The van der Waals surface area contributed by atoms with Crippen molar-refractivity contribution in [1.82, 2.24) is 0 Å². The summed E-state index contributed by atoms with van der Waals surface area (Å²) in [6.45, 7) is 5.33. The van der Waals surface area contributed by atoms with Crippen LogP contribution in [0.4, 0.5) is 13.2 Å². The maximum atomic E-state index is 13.5. The molecule has 0 aliphatic heterocycles. The smallest absolute Gasteiger partial charge is 0.275 e. The van der Waals surface area contributed by atoms with Gasteiger partial charge < -0.3 is 5.92 Å². The third kappa shape index (κ3) is 8.05. The van der Waals surface area contributed by atoms with Gasteiger partial charge in [-0.3, -0.25) is 0 Å². The minimum Gasteiger partial charge on any atom is -0.311 e. The molecule has 0 nitrogen and oxygen atoms in total. The zero-order valence-corrected chi connectivity index (χ0v) is 12.2. The predicted octanol–water partition coefficient (Wildman–Crippen LogP) is 5.42. The van der Waals surface area contributed by atoms with Crippen LogP contribution in [0.25, 0.3) is 0 Å². The Bertz CT molecular complexity index is 149. The molecule has 0 aromatic heterocycles. The molecule has 0 rings (SSSR count). The van der Waals surface area contributed by atoms with E-state index in [4.69, 9.17) is 0 Å². The number of alkyl halides is 3. The summed E-state index contributed by atoms with van der Waals surface area (Å²) in [6.07, 6.45) is 1.21. The van der Waals surface area contributed by atoms with Gasteiger partial charge in [-0.15, -0.1) is 6.42 Å². The van der Waals surface area contributed by atoms with Crippen molar-refractivity contribution in [3.8, 4) is 0 Å². The topological polar surface area (TPSA) is 0 Å². The molecule has 0 saturated heterocycles. The van der Waals surface area contributed by atoms with E-state index in [9.17, 15) is 13.2 Å². The van der Waals surface area contributed by atoms with Crippen LogP contribution in [0.2, 0.25) is 0 Å². The monoisotopic (exact) mass is 316 g/mol. The zero-order valence-electron chi connectivity index (χ0n) is 9.33. The maximum Gasteiger partial charge on any atom is 0.275 e. The van der Waals surface area contributed by atoms with Crippen molar-refractivity contribution in [2.24, 2.45) is 0 Å². The van der Waals surface area contributed by atoms with Crippen molar-refractivity contribution in [2.75, 3.05) is 0 Å². The van der Waals surface area contributed by atoms with Gasteiger partial charge in [0.2, 0.25) is 0 Å². The zero-order chi connectivity index (χ0) is 10.7. The van der Waals surface area contributed by atoms with Crippen LogP contribution in [-0.2, 0) is 32.7 Å². The van der Waals surface area contributed by atoms with Crippen molar-refractivity contribution in [2.45, 2.75) is 73.4 Å². The molecule has 0 fully saturated rings. The summed E-state index contributed by atoms with van der Waals surface area (Å²) in [5, 5.41) is 0. The van der Waals surface area contributed by atoms with Gasteiger partial charge in [-0.25, -0.2) is 13.2 Å². The SMILES string of the molecule is C.C.CC[C-](CC)CC(C)(F)C(C)(F)F.[Y]. The van der Waals surface area contributed by atoms with Gasteiger partial charge in [-0.2, -0.15) is 12.8 Å². The number of halogens is 3. The fourth-order valence-corrected chi connectivity index (χ4v) is 1.12. The summed E-state index contributed by atoms with van der Waals surface area (Å²) < 4.78 is 38.9. The Morgan fingerprint density at radius 2 is 1.25 bits per heavy atom. The van der Waals surface area contributed by atoms with Gasteiger partial charge in [-0.05, 0) is 6.92 Å². The first kappa shape index (κ1) is 25.7. The molecule has 0 aliphatic carbocycles. The summed E-state index contributed by atoms with van der Waals surface area (Å²) in [5.41, 5.74) is -2.41. The fourth-order valence-electron chi connectivity index (χ4n) is 1.12. The van der Waals surface area contributed by atoms with Crippen LogP contribution in [0.15, 0.2) is 0 Å². The largest absolute Gasteiger partial charge is 0.311 e. The molecule has 0 saturated carbocycles. The third-order valence-corrected chi connectivity index (χ3v) is 2.50. The third-order valence-electron chi connectivity index (χ3n) is 2.50. The van der Waals surface area contributed by atoms with Gasteiger partial charge in [0.05, 0.1) is 0 Å². The molecule has 0 aromatic carbocycles. The van der Waals surface area contributed by atoms with E-state index in [1.807, 2.05) is 13.8 Å². The summed E-state index contributed by atoms with van der Waals surface area (Å²) in [5.74, 6) is -2.41. The number of hydrogen-bond donors (Lipinski definition) is 0. The van der Waals surface area contributed by atoms with E-state index in [0.29, 0.717) is 19.8 Å². The van der Waals surface area contributed by atoms with Crippen LogP contribution < -0.4 is 0 Å². The van der Waals surface area contributed by atoms with Crippen molar-refractivity contribution in [1.29, 1.82) is 0 Å². The molecule has 99 valence electrons. The first-order chi connectivity index (χ1) is 5.74. The Morgan fingerprint density at radius 1 is 0.938 bits per heavy atom. The molecule has 4 heteroatoms. The summed E-state index contributed by atoms with van der Waals surface area (Å²) in [4.78, 5) is 0. The van der Waals surface area contributed by atoms with E-state index in [0.717, 1.165) is 12.8 Å². The second kappa shape index (κ2) is 9.88. The average Bonchev–Trinajstić information content (AvgIpc) is 1.98. The van der Waals surface area contributed by atoms with Gasteiger partial charge >= 0.3 is 0 Å². The molecule has 1 unspecified atom stereocenters. The van der Waals surface area contributed by atoms with Gasteiger partial charge in [0.15, 0.2) is 0 Å². The van der Waals surface area contributed by atoms with E-state index < -0.39 is 11.6 Å². The molecular weight excluding hydrogens is 290 g/mol. The van der Waals surface area contributed by atoms with Crippen LogP contribution >= 0.6 is 0 Å². The Labute approximate surface area is 125 Å². The molecule has 0 aromatic rings. The van der Waals surface area contributed by atoms with E-state index in [2.05, 4.69) is 0 Å². The van der Waals surface area contributed by atoms with E-state index in [-0.39, 0.29) is 54.0 Å². The molecule has 1 atom stereocenters. The Balaban J connectivity index is -0.000000240. The van der Waals surface area contributed by atoms with Crippen molar-refractivity contribution in [3.63, 3.8) is 0 Å². The Hall–Kier alpha value is 0.894. The van der Waals surface area contributed by atoms with Crippen molar-refractivity contribution < 1.29 is 45.9 Å². The van der Waals surface area contributed by atoms with Crippen LogP contribution in [0.1, 0.15) is 61.8 Å². The molecule has 1 radical (unpaired) electrons. The maximum absolute atomic E-state index is 13.5. The van der Waals surface area contributed by atoms with Gasteiger partial charge in [-0.1, -0.05) is 28.7 Å². The predicted molar refractivity (Wildman–Crippen MR) is 62.0 cm³/mol. The van der Waals surface area contributed by atoms with Crippen LogP contribution in [0.3, 0.4) is 0 Å². The van der Waals surface area contributed by atoms with E-state index >= 15 is 0 Å². The second-order valence-corrected chi connectivity index (χ2v) is 3.72. The van der Waals surface area contributed by atoms with E-state index in [1.165, 1.54) is 0 Å². The van der Waals surface area contributed by atoms with Gasteiger partial charge in [0.25, 0.3) is 5.92 Å². The molecular formula is C12H26F3Y-. The number of hydrogen-bond acceptors (Lipinski definition) is 0.